The fraction of sp³-hybridized carbons (Fsp3) is 0.333. The SMILES string of the molecule is CC=CC(CNc1cc(Oc2cccc(F)c2)nn2c(-c3ccc(C(=O)NC4CC4)c(C)c3)cnc12)=NCC(C)CC. The summed E-state index contributed by atoms with van der Waals surface area (Å²) in [5.41, 5.74) is 5.32. The summed E-state index contributed by atoms with van der Waals surface area (Å²) in [5, 5.41) is 11.2. The monoisotopic (exact) mass is 568 g/mol. The molecule has 2 N–H and O–H groups in total. The van der Waals surface area contributed by atoms with Gasteiger partial charge in [-0.1, -0.05) is 38.5 Å². The van der Waals surface area contributed by atoms with Gasteiger partial charge in [0.2, 0.25) is 5.88 Å². The molecule has 4 aromatic rings. The van der Waals surface area contributed by atoms with E-state index in [1.165, 1.54) is 12.1 Å². The van der Waals surface area contributed by atoms with Crippen LogP contribution in [-0.4, -0.2) is 45.3 Å². The number of ether oxygens (including phenoxy) is 1. The van der Waals surface area contributed by atoms with Gasteiger partial charge in [-0.25, -0.2) is 13.9 Å². The van der Waals surface area contributed by atoms with E-state index in [4.69, 9.17) is 14.8 Å². The molecule has 1 amide bonds. The van der Waals surface area contributed by atoms with Crippen LogP contribution < -0.4 is 15.4 Å². The van der Waals surface area contributed by atoms with Crippen LogP contribution in [0.2, 0.25) is 0 Å². The fourth-order valence-electron chi connectivity index (χ4n) is 4.49. The van der Waals surface area contributed by atoms with E-state index in [1.807, 2.05) is 44.2 Å². The smallest absolute Gasteiger partial charge is 0.251 e. The second-order valence-corrected chi connectivity index (χ2v) is 10.8. The number of benzene rings is 2. The molecule has 0 saturated heterocycles. The Labute approximate surface area is 245 Å². The molecule has 0 spiro atoms. The largest absolute Gasteiger partial charge is 0.437 e. The van der Waals surface area contributed by atoms with E-state index < -0.39 is 5.82 Å². The van der Waals surface area contributed by atoms with E-state index >= 15 is 0 Å². The number of fused-ring (bicyclic) bond motifs is 1. The number of amides is 1. The molecule has 42 heavy (non-hydrogen) atoms. The summed E-state index contributed by atoms with van der Waals surface area (Å²) in [6.07, 6.45) is 8.86. The molecule has 0 radical (unpaired) electrons. The number of carbonyl (C=O) groups excluding carboxylic acids is 1. The summed E-state index contributed by atoms with van der Waals surface area (Å²) in [4.78, 5) is 22.2. The normalized spacial score (nSPS) is 14.4. The summed E-state index contributed by atoms with van der Waals surface area (Å²) in [6.45, 7) is 9.47. The molecule has 0 bridgehead atoms. The average Bonchev–Trinajstić information content (AvgIpc) is 3.68. The number of aromatic nitrogens is 3. The minimum absolute atomic E-state index is 0.0537. The summed E-state index contributed by atoms with van der Waals surface area (Å²) >= 11 is 0. The van der Waals surface area contributed by atoms with Crippen molar-refractivity contribution in [3.63, 3.8) is 0 Å². The second-order valence-electron chi connectivity index (χ2n) is 10.8. The van der Waals surface area contributed by atoms with Gasteiger partial charge in [0.25, 0.3) is 5.91 Å². The minimum Gasteiger partial charge on any atom is -0.437 e. The highest BCUT2D eigenvalue weighted by atomic mass is 19.1. The van der Waals surface area contributed by atoms with E-state index in [1.54, 1.807) is 28.9 Å². The number of hydrogen-bond acceptors (Lipinski definition) is 6. The predicted octanol–water partition coefficient (Wildman–Crippen LogP) is 7.00. The minimum atomic E-state index is -0.398. The quantitative estimate of drug-likeness (QED) is 0.180. The van der Waals surface area contributed by atoms with Crippen LogP contribution in [0.1, 0.15) is 56.0 Å². The lowest BCUT2D eigenvalue weighted by Gasteiger charge is -2.13. The number of imidazole rings is 1. The van der Waals surface area contributed by atoms with Gasteiger partial charge in [0.05, 0.1) is 29.8 Å². The molecule has 9 heteroatoms. The van der Waals surface area contributed by atoms with Crippen LogP contribution in [0.25, 0.3) is 16.9 Å². The third-order valence-electron chi connectivity index (χ3n) is 7.27. The van der Waals surface area contributed by atoms with Crippen molar-refractivity contribution in [3.05, 3.63) is 83.8 Å². The Morgan fingerprint density at radius 2 is 2.07 bits per heavy atom. The molecule has 218 valence electrons. The third-order valence-corrected chi connectivity index (χ3v) is 7.27. The number of aliphatic imine (C=N–C) groups is 1. The first-order chi connectivity index (χ1) is 20.3. The van der Waals surface area contributed by atoms with Crippen LogP contribution in [0, 0.1) is 18.7 Å². The van der Waals surface area contributed by atoms with Gasteiger partial charge < -0.3 is 15.4 Å². The van der Waals surface area contributed by atoms with E-state index in [0.717, 1.165) is 48.3 Å². The average molecular weight is 569 g/mol. The van der Waals surface area contributed by atoms with E-state index in [9.17, 15) is 9.18 Å². The molecule has 1 saturated carbocycles. The van der Waals surface area contributed by atoms with Crippen molar-refractivity contribution in [2.75, 3.05) is 18.4 Å². The van der Waals surface area contributed by atoms with Gasteiger partial charge >= 0.3 is 0 Å². The zero-order valence-corrected chi connectivity index (χ0v) is 24.5. The predicted molar refractivity (Wildman–Crippen MR) is 165 cm³/mol. The zero-order valence-electron chi connectivity index (χ0n) is 24.5. The van der Waals surface area contributed by atoms with Crippen molar-refractivity contribution < 1.29 is 13.9 Å². The van der Waals surface area contributed by atoms with Crippen molar-refractivity contribution in [2.45, 2.75) is 53.0 Å². The molecule has 1 fully saturated rings. The van der Waals surface area contributed by atoms with Gasteiger partial charge in [-0.15, -0.1) is 5.10 Å². The lowest BCUT2D eigenvalue weighted by atomic mass is 10.0. The van der Waals surface area contributed by atoms with Crippen LogP contribution in [0.5, 0.6) is 11.6 Å². The highest BCUT2D eigenvalue weighted by Gasteiger charge is 2.24. The first-order valence-corrected chi connectivity index (χ1v) is 14.5. The van der Waals surface area contributed by atoms with Crippen molar-refractivity contribution in [3.8, 4) is 22.9 Å². The van der Waals surface area contributed by atoms with Crippen LogP contribution in [0.4, 0.5) is 10.1 Å². The maximum Gasteiger partial charge on any atom is 0.251 e. The molecule has 1 aliphatic carbocycles. The van der Waals surface area contributed by atoms with Crippen molar-refractivity contribution in [1.29, 1.82) is 0 Å². The molecule has 1 atom stereocenters. The maximum absolute atomic E-state index is 13.9. The fourth-order valence-corrected chi connectivity index (χ4v) is 4.49. The van der Waals surface area contributed by atoms with Crippen LogP contribution in [0.15, 0.2) is 71.9 Å². The summed E-state index contributed by atoms with van der Waals surface area (Å²) in [6, 6.07) is 13.7. The highest BCUT2D eigenvalue weighted by Crippen LogP contribution is 2.30. The molecular weight excluding hydrogens is 531 g/mol. The Morgan fingerprint density at radius 3 is 2.79 bits per heavy atom. The van der Waals surface area contributed by atoms with Crippen LogP contribution in [0.3, 0.4) is 0 Å². The lowest BCUT2D eigenvalue weighted by molar-refractivity contribution is 0.0950. The Balaban J connectivity index is 1.50. The van der Waals surface area contributed by atoms with Gasteiger partial charge in [0.1, 0.15) is 11.6 Å². The standard InChI is InChI=1S/C33H37FN6O2/c1-5-8-26(35-18-21(3)6-2)19-36-29-17-31(42-27-10-7-9-24(34)16-27)39-40-30(20-37-32(29)40)23-11-14-28(22(4)15-23)33(41)38-25-12-13-25/h5,7-11,14-17,20-21,25,36H,6,12-13,18-19H2,1-4H3,(H,38,41). The van der Waals surface area contributed by atoms with Gasteiger partial charge in [-0.05, 0) is 68.5 Å². The number of nitrogens with one attached hydrogen (secondary N) is 2. The molecule has 1 unspecified atom stereocenters. The number of rotatable bonds is 12. The zero-order chi connectivity index (χ0) is 29.6. The first-order valence-electron chi connectivity index (χ1n) is 14.5. The number of anilines is 1. The molecule has 8 nitrogen and oxygen atoms in total. The third kappa shape index (κ3) is 7.02. The number of halogens is 1. The second kappa shape index (κ2) is 13.0. The van der Waals surface area contributed by atoms with Crippen molar-refractivity contribution in [2.24, 2.45) is 10.9 Å². The topological polar surface area (TPSA) is 92.9 Å². The Kier molecular flexibility index (Phi) is 8.95. The van der Waals surface area contributed by atoms with Crippen molar-refractivity contribution >= 4 is 23.0 Å². The van der Waals surface area contributed by atoms with Crippen LogP contribution in [-0.2, 0) is 0 Å². The number of nitrogens with zero attached hydrogens (tertiary/aromatic N) is 4. The summed E-state index contributed by atoms with van der Waals surface area (Å²) in [7, 11) is 0. The van der Waals surface area contributed by atoms with E-state index in [-0.39, 0.29) is 17.8 Å². The van der Waals surface area contributed by atoms with Crippen molar-refractivity contribution in [1.82, 2.24) is 19.9 Å². The Hall–Kier alpha value is -4.53. The van der Waals surface area contributed by atoms with Gasteiger partial charge in [-0.2, -0.15) is 0 Å². The summed E-state index contributed by atoms with van der Waals surface area (Å²) in [5.74, 6) is 0.651. The molecule has 5 rings (SSSR count). The van der Waals surface area contributed by atoms with Crippen LogP contribution >= 0.6 is 0 Å². The van der Waals surface area contributed by atoms with E-state index in [2.05, 4.69) is 29.5 Å². The Bertz CT molecular complexity index is 1640. The molecule has 2 aromatic heterocycles. The van der Waals surface area contributed by atoms with Gasteiger partial charge in [-0.3, -0.25) is 9.79 Å². The van der Waals surface area contributed by atoms with Gasteiger partial charge in [0.15, 0.2) is 5.65 Å². The molecule has 2 heterocycles. The highest BCUT2D eigenvalue weighted by molar-refractivity contribution is 5.98. The molecule has 0 aliphatic heterocycles. The molecular formula is C33H37FN6O2. The Morgan fingerprint density at radius 1 is 1.24 bits per heavy atom. The number of hydrogen-bond donors (Lipinski definition) is 2. The molecule has 2 aromatic carbocycles. The molecule has 1 aliphatic rings. The van der Waals surface area contributed by atoms with E-state index in [0.29, 0.717) is 35.1 Å². The number of allylic oxidation sites excluding steroid dienone is 1. The first kappa shape index (κ1) is 29.0. The maximum atomic E-state index is 13.9. The summed E-state index contributed by atoms with van der Waals surface area (Å²) < 4.78 is 21.6. The van der Waals surface area contributed by atoms with Gasteiger partial charge in [0, 0.05) is 35.8 Å². The number of aryl methyl sites for hydroxylation is 1. The lowest BCUT2D eigenvalue weighted by Crippen LogP contribution is -2.26. The number of carbonyl (C=O) groups is 1.